The Bertz CT molecular complexity index is 1340. The van der Waals surface area contributed by atoms with E-state index in [9.17, 15) is 9.90 Å². The first-order chi connectivity index (χ1) is 14.5. The van der Waals surface area contributed by atoms with Crippen LogP contribution in [0.1, 0.15) is 32.9 Å². The highest BCUT2D eigenvalue weighted by Crippen LogP contribution is 2.39. The van der Waals surface area contributed by atoms with Gasteiger partial charge in [-0.3, -0.25) is 9.67 Å². The van der Waals surface area contributed by atoms with Gasteiger partial charge in [0.25, 0.3) is 0 Å². The van der Waals surface area contributed by atoms with Gasteiger partial charge in [0.15, 0.2) is 0 Å². The number of aromatic nitrogens is 3. The van der Waals surface area contributed by atoms with Gasteiger partial charge in [-0.15, -0.1) is 0 Å². The number of pyridine rings is 1. The van der Waals surface area contributed by atoms with E-state index >= 15 is 0 Å². The van der Waals surface area contributed by atoms with Crippen LogP contribution in [0.25, 0.3) is 22.6 Å². The highest BCUT2D eigenvalue weighted by Gasteiger charge is 2.25. The van der Waals surface area contributed by atoms with E-state index < -0.39 is 5.97 Å². The Labute approximate surface area is 178 Å². The second-order valence-corrected chi connectivity index (χ2v) is 8.53. The molecule has 0 bridgehead atoms. The number of aromatic carboxylic acids is 1. The molecule has 0 spiro atoms. The van der Waals surface area contributed by atoms with Crippen molar-refractivity contribution in [3.8, 4) is 0 Å². The molecule has 1 N–H and O–H groups in total. The zero-order chi connectivity index (χ0) is 20.8. The van der Waals surface area contributed by atoms with Crippen molar-refractivity contribution in [2.24, 2.45) is 7.05 Å². The third-order valence-corrected chi connectivity index (χ3v) is 6.44. The topological polar surface area (TPSA) is 68.0 Å². The third-order valence-electron chi connectivity index (χ3n) is 5.38. The van der Waals surface area contributed by atoms with Crippen LogP contribution in [-0.2, 0) is 13.5 Å². The van der Waals surface area contributed by atoms with Crippen molar-refractivity contribution < 1.29 is 9.90 Å². The number of nitrogens with zero attached hydrogens (tertiary/aromatic N) is 3. The van der Waals surface area contributed by atoms with Crippen LogP contribution in [0.4, 0.5) is 0 Å². The molecule has 0 saturated heterocycles. The number of benzene rings is 2. The van der Waals surface area contributed by atoms with Gasteiger partial charge in [0.1, 0.15) is 5.52 Å². The molecule has 2 heterocycles. The molecule has 4 aromatic rings. The van der Waals surface area contributed by atoms with Gasteiger partial charge in [0.2, 0.25) is 0 Å². The second kappa shape index (κ2) is 7.15. The van der Waals surface area contributed by atoms with Crippen molar-refractivity contribution in [3.05, 3.63) is 82.8 Å². The molecule has 5 nitrogen and oxygen atoms in total. The fourth-order valence-corrected chi connectivity index (χ4v) is 4.89. The minimum absolute atomic E-state index is 0.313. The first kappa shape index (κ1) is 18.6. The van der Waals surface area contributed by atoms with Gasteiger partial charge in [-0.25, -0.2) is 4.79 Å². The van der Waals surface area contributed by atoms with Gasteiger partial charge < -0.3 is 5.11 Å². The zero-order valence-corrected chi connectivity index (χ0v) is 17.4. The Hall–Kier alpha value is -3.38. The quantitative estimate of drug-likeness (QED) is 0.497. The highest BCUT2D eigenvalue weighted by molar-refractivity contribution is 7.99. The van der Waals surface area contributed by atoms with Crippen LogP contribution < -0.4 is 0 Å². The summed E-state index contributed by atoms with van der Waals surface area (Å²) in [5.74, 6) is -0.921. The number of carboxylic acids is 1. The van der Waals surface area contributed by atoms with Gasteiger partial charge in [-0.05, 0) is 48.4 Å². The van der Waals surface area contributed by atoms with Gasteiger partial charge in [0.05, 0.1) is 17.0 Å². The van der Waals surface area contributed by atoms with Crippen LogP contribution in [0.2, 0.25) is 0 Å². The Morgan fingerprint density at radius 3 is 2.70 bits per heavy atom. The lowest BCUT2D eigenvalue weighted by molar-refractivity contribution is 0.0695. The minimum Gasteiger partial charge on any atom is -0.478 e. The van der Waals surface area contributed by atoms with Crippen LogP contribution in [0.5, 0.6) is 0 Å². The molecule has 6 heteroatoms. The molecule has 0 unspecified atom stereocenters. The molecule has 2 aromatic heterocycles. The molecule has 148 valence electrons. The number of allylic oxidation sites excluding steroid dienone is 1. The van der Waals surface area contributed by atoms with E-state index in [2.05, 4.69) is 48.3 Å². The first-order valence-electron chi connectivity index (χ1n) is 9.63. The average Bonchev–Trinajstić information content (AvgIpc) is 3.29. The maximum absolute atomic E-state index is 11.6. The van der Waals surface area contributed by atoms with Crippen LogP contribution in [0.3, 0.4) is 0 Å². The van der Waals surface area contributed by atoms with E-state index in [4.69, 9.17) is 5.10 Å². The summed E-state index contributed by atoms with van der Waals surface area (Å²) in [6.07, 6.45) is 4.08. The fourth-order valence-electron chi connectivity index (χ4n) is 3.97. The summed E-state index contributed by atoms with van der Waals surface area (Å²) in [4.78, 5) is 18.2. The largest absolute Gasteiger partial charge is 0.478 e. The van der Waals surface area contributed by atoms with Crippen molar-refractivity contribution in [2.45, 2.75) is 23.1 Å². The Balaban J connectivity index is 1.57. The maximum atomic E-state index is 11.6. The lowest BCUT2D eigenvalue weighted by Gasteiger charge is -2.06. The minimum atomic E-state index is -0.921. The maximum Gasteiger partial charge on any atom is 0.336 e. The zero-order valence-electron chi connectivity index (χ0n) is 16.6. The molecule has 0 atom stereocenters. The number of aryl methyl sites for hydroxylation is 2. The van der Waals surface area contributed by atoms with Gasteiger partial charge in [-0.2, -0.15) is 5.10 Å². The fraction of sp³-hybridized carbons (Fsp3) is 0.125. The predicted molar refractivity (Wildman–Crippen MR) is 119 cm³/mol. The smallest absolute Gasteiger partial charge is 0.336 e. The van der Waals surface area contributed by atoms with Gasteiger partial charge >= 0.3 is 5.97 Å². The number of carboxylic acid groups (broad SMARTS) is 1. The molecule has 30 heavy (non-hydrogen) atoms. The third kappa shape index (κ3) is 3.09. The van der Waals surface area contributed by atoms with Gasteiger partial charge in [-0.1, -0.05) is 41.6 Å². The van der Waals surface area contributed by atoms with Crippen molar-refractivity contribution >= 4 is 40.3 Å². The first-order valence-corrected chi connectivity index (χ1v) is 10.5. The summed E-state index contributed by atoms with van der Waals surface area (Å²) < 4.78 is 1.89. The number of carbonyl (C=O) groups is 1. The molecule has 0 saturated carbocycles. The molecule has 0 aliphatic heterocycles. The Morgan fingerprint density at radius 2 is 1.93 bits per heavy atom. The number of rotatable bonds is 4. The van der Waals surface area contributed by atoms with E-state index in [1.165, 1.54) is 10.5 Å². The highest BCUT2D eigenvalue weighted by atomic mass is 32.2. The standard InChI is InChI=1S/C24H19N3O2S/c1-14-6-8-16(9-7-14)30-21-5-3-4-18-22(21)26-27(2)23(18)15-12-19-17(24(28)29)10-11-25-20(19)13-15/h3-11,13H,12H2,1-2H3,(H,28,29). The predicted octanol–water partition coefficient (Wildman–Crippen LogP) is 5.22. The lowest BCUT2D eigenvalue weighted by Crippen LogP contribution is -2.04. The van der Waals surface area contributed by atoms with Crippen LogP contribution in [0, 0.1) is 6.92 Å². The van der Waals surface area contributed by atoms with Crippen molar-refractivity contribution in [3.63, 3.8) is 0 Å². The molecular weight excluding hydrogens is 394 g/mol. The molecule has 1 aliphatic carbocycles. The molecule has 2 aromatic carbocycles. The summed E-state index contributed by atoms with van der Waals surface area (Å²) in [7, 11) is 1.94. The van der Waals surface area contributed by atoms with Crippen molar-refractivity contribution in [2.75, 3.05) is 0 Å². The van der Waals surface area contributed by atoms with Crippen molar-refractivity contribution in [1.82, 2.24) is 14.8 Å². The normalized spacial score (nSPS) is 12.8. The van der Waals surface area contributed by atoms with E-state index in [0.29, 0.717) is 12.0 Å². The van der Waals surface area contributed by atoms with E-state index in [1.807, 2.05) is 23.9 Å². The van der Waals surface area contributed by atoms with E-state index in [-0.39, 0.29) is 0 Å². The Kier molecular flexibility index (Phi) is 4.44. The molecule has 1 aliphatic rings. The number of hydrogen-bond donors (Lipinski definition) is 1. The molecular formula is C24H19N3O2S. The van der Waals surface area contributed by atoms with E-state index in [0.717, 1.165) is 38.3 Å². The summed E-state index contributed by atoms with van der Waals surface area (Å²) in [5, 5.41) is 15.4. The molecule has 0 amide bonds. The summed E-state index contributed by atoms with van der Waals surface area (Å²) in [6, 6.07) is 16.2. The molecule has 5 rings (SSSR count). The van der Waals surface area contributed by atoms with Gasteiger partial charge in [0, 0.05) is 34.8 Å². The monoisotopic (exact) mass is 413 g/mol. The SMILES string of the molecule is Cc1ccc(Sc2cccc3c(C4=Cc5nccc(C(=O)O)c5C4)n(C)nc23)cc1. The lowest BCUT2D eigenvalue weighted by atomic mass is 10.0. The number of fused-ring (bicyclic) bond motifs is 2. The van der Waals surface area contributed by atoms with E-state index in [1.54, 1.807) is 24.0 Å². The Morgan fingerprint density at radius 1 is 1.13 bits per heavy atom. The van der Waals surface area contributed by atoms with Crippen LogP contribution >= 0.6 is 11.8 Å². The summed E-state index contributed by atoms with van der Waals surface area (Å²) >= 11 is 1.70. The molecule has 0 fully saturated rings. The molecule has 0 radical (unpaired) electrons. The number of hydrogen-bond acceptors (Lipinski definition) is 4. The van der Waals surface area contributed by atoms with Crippen LogP contribution in [0.15, 0.2) is 64.5 Å². The average molecular weight is 414 g/mol. The second-order valence-electron chi connectivity index (χ2n) is 7.41. The summed E-state index contributed by atoms with van der Waals surface area (Å²) in [5.41, 5.74) is 6.03. The van der Waals surface area contributed by atoms with Crippen molar-refractivity contribution in [1.29, 1.82) is 0 Å². The van der Waals surface area contributed by atoms with Crippen LogP contribution in [-0.4, -0.2) is 25.8 Å². The summed E-state index contributed by atoms with van der Waals surface area (Å²) in [6.45, 7) is 2.08.